The summed E-state index contributed by atoms with van der Waals surface area (Å²) in [6.45, 7) is 1.94. The third-order valence-electron chi connectivity index (χ3n) is 4.91. The summed E-state index contributed by atoms with van der Waals surface area (Å²) in [5.74, 6) is 0.720. The number of carboxylic acid groups (broad SMARTS) is 1. The Morgan fingerprint density at radius 2 is 2.00 bits per heavy atom. The van der Waals surface area contributed by atoms with Crippen LogP contribution in [0.1, 0.15) is 31.6 Å². The van der Waals surface area contributed by atoms with Gasteiger partial charge in [0.05, 0.1) is 17.9 Å². The van der Waals surface area contributed by atoms with Gasteiger partial charge in [0.2, 0.25) is 0 Å². The van der Waals surface area contributed by atoms with Gasteiger partial charge in [0, 0.05) is 16.1 Å². The Morgan fingerprint density at radius 1 is 1.24 bits per heavy atom. The first-order chi connectivity index (χ1) is 12.0. The van der Waals surface area contributed by atoms with Crippen molar-refractivity contribution in [2.45, 2.75) is 31.8 Å². The minimum atomic E-state index is -0.885. The molecule has 1 aliphatic heterocycles. The normalized spacial score (nSPS) is 20.3. The van der Waals surface area contributed by atoms with Crippen LogP contribution in [0, 0.1) is 0 Å². The molecule has 25 heavy (non-hydrogen) atoms. The quantitative estimate of drug-likeness (QED) is 0.622. The molecule has 3 aromatic rings. The lowest BCUT2D eigenvalue weighted by atomic mass is 10.1. The highest BCUT2D eigenvalue weighted by Crippen LogP contribution is 2.35. The molecule has 0 saturated carbocycles. The maximum atomic E-state index is 11.5. The second-order valence-electron chi connectivity index (χ2n) is 6.52. The summed E-state index contributed by atoms with van der Waals surface area (Å²) >= 11 is 3.49. The first kappa shape index (κ1) is 16.1. The molecular weight excluding hydrogens is 382 g/mol. The molecule has 6 heteroatoms. The number of carbonyl (C=O) groups is 1. The zero-order chi connectivity index (χ0) is 17.6. The van der Waals surface area contributed by atoms with Crippen LogP contribution in [0.5, 0.6) is 0 Å². The number of rotatable bonds is 2. The van der Waals surface area contributed by atoms with Crippen LogP contribution >= 0.6 is 15.9 Å². The van der Waals surface area contributed by atoms with Crippen molar-refractivity contribution in [1.82, 2.24) is 14.9 Å². The summed E-state index contributed by atoms with van der Waals surface area (Å²) in [6, 6.07) is 12.3. The second-order valence-corrected chi connectivity index (χ2v) is 7.44. The molecular formula is C19H18BrN3O2. The van der Waals surface area contributed by atoms with Gasteiger partial charge in [0.1, 0.15) is 5.82 Å². The molecule has 2 N–H and O–H groups in total. The molecule has 0 radical (unpaired) electrons. The topological polar surface area (TPSA) is 69.2 Å². The molecule has 128 valence electrons. The molecule has 2 atom stereocenters. The molecule has 1 amide bonds. The van der Waals surface area contributed by atoms with Crippen LogP contribution in [0.3, 0.4) is 0 Å². The molecule has 0 spiro atoms. The summed E-state index contributed by atoms with van der Waals surface area (Å²) in [7, 11) is 0. The Morgan fingerprint density at radius 3 is 2.80 bits per heavy atom. The van der Waals surface area contributed by atoms with E-state index in [2.05, 4.69) is 56.2 Å². The highest BCUT2D eigenvalue weighted by atomic mass is 79.9. The Hall–Kier alpha value is -2.34. The Balaban J connectivity index is 1.67. The van der Waals surface area contributed by atoms with Gasteiger partial charge in [-0.25, -0.2) is 9.78 Å². The number of hydrogen-bond donors (Lipinski definition) is 2. The third kappa shape index (κ3) is 2.91. The first-order valence-corrected chi connectivity index (χ1v) is 9.08. The van der Waals surface area contributed by atoms with Gasteiger partial charge >= 0.3 is 6.09 Å². The predicted molar refractivity (Wildman–Crippen MR) is 101 cm³/mol. The van der Waals surface area contributed by atoms with Gasteiger partial charge in [-0.2, -0.15) is 0 Å². The van der Waals surface area contributed by atoms with E-state index in [1.807, 2.05) is 13.0 Å². The number of amides is 1. The molecule has 1 saturated heterocycles. The fraction of sp³-hybridized carbons (Fsp3) is 0.263. The van der Waals surface area contributed by atoms with Gasteiger partial charge in [-0.05, 0) is 48.7 Å². The Bertz CT molecular complexity index is 953. The van der Waals surface area contributed by atoms with E-state index in [0.29, 0.717) is 0 Å². The van der Waals surface area contributed by atoms with Crippen LogP contribution in [0.2, 0.25) is 0 Å². The van der Waals surface area contributed by atoms with E-state index in [9.17, 15) is 9.90 Å². The molecule has 4 rings (SSSR count). The number of imidazole rings is 1. The molecule has 2 aromatic carbocycles. The van der Waals surface area contributed by atoms with Crippen LogP contribution in [0.25, 0.3) is 22.0 Å². The maximum Gasteiger partial charge on any atom is 0.408 e. The van der Waals surface area contributed by atoms with Gasteiger partial charge in [0.15, 0.2) is 0 Å². The third-order valence-corrected chi connectivity index (χ3v) is 5.41. The lowest BCUT2D eigenvalue weighted by molar-refractivity contribution is 0.123. The van der Waals surface area contributed by atoms with E-state index in [1.54, 1.807) is 6.20 Å². The van der Waals surface area contributed by atoms with Crippen molar-refractivity contribution < 1.29 is 9.90 Å². The van der Waals surface area contributed by atoms with E-state index in [4.69, 9.17) is 0 Å². The number of H-pyrrole nitrogens is 1. The number of fused-ring (bicyclic) bond motifs is 1. The molecule has 2 unspecified atom stereocenters. The molecule has 1 aliphatic rings. The van der Waals surface area contributed by atoms with Crippen LogP contribution in [-0.2, 0) is 0 Å². The van der Waals surface area contributed by atoms with Gasteiger partial charge in [-0.3, -0.25) is 4.90 Å². The van der Waals surface area contributed by atoms with Crippen LogP contribution in [0.4, 0.5) is 4.79 Å². The van der Waals surface area contributed by atoms with Gasteiger partial charge < -0.3 is 10.1 Å². The van der Waals surface area contributed by atoms with E-state index in [1.165, 1.54) is 10.3 Å². The highest BCUT2D eigenvalue weighted by Gasteiger charge is 2.36. The molecule has 2 heterocycles. The number of aromatic amines is 1. The number of benzene rings is 2. The molecule has 0 bridgehead atoms. The van der Waals surface area contributed by atoms with Gasteiger partial charge in [0.25, 0.3) is 0 Å². The van der Waals surface area contributed by atoms with Crippen molar-refractivity contribution in [3.05, 3.63) is 52.9 Å². The number of nitrogens with zero attached hydrogens (tertiary/aromatic N) is 2. The van der Waals surface area contributed by atoms with Crippen molar-refractivity contribution in [1.29, 1.82) is 0 Å². The van der Waals surface area contributed by atoms with Crippen molar-refractivity contribution in [2.75, 3.05) is 0 Å². The number of nitrogens with one attached hydrogen (secondary N) is 1. The van der Waals surface area contributed by atoms with Crippen molar-refractivity contribution in [3.8, 4) is 11.3 Å². The molecule has 0 aliphatic carbocycles. The van der Waals surface area contributed by atoms with E-state index in [0.717, 1.165) is 39.8 Å². The molecule has 1 fully saturated rings. The molecule has 1 aromatic heterocycles. The maximum absolute atomic E-state index is 11.5. The summed E-state index contributed by atoms with van der Waals surface area (Å²) in [5.41, 5.74) is 1.95. The fourth-order valence-corrected chi connectivity index (χ4v) is 3.99. The summed E-state index contributed by atoms with van der Waals surface area (Å²) in [6.07, 6.45) is 2.56. The van der Waals surface area contributed by atoms with Crippen molar-refractivity contribution >= 4 is 32.8 Å². The minimum absolute atomic E-state index is 0.0233. The summed E-state index contributed by atoms with van der Waals surface area (Å²) in [5, 5.41) is 11.8. The van der Waals surface area contributed by atoms with Crippen LogP contribution < -0.4 is 0 Å². The zero-order valence-electron chi connectivity index (χ0n) is 13.7. The van der Waals surface area contributed by atoms with E-state index >= 15 is 0 Å². The minimum Gasteiger partial charge on any atom is -0.465 e. The largest absolute Gasteiger partial charge is 0.465 e. The number of halogens is 1. The SMILES string of the molecule is CC1CCC(c2ncc(-c3ccc4cc(Br)ccc4c3)[nH]2)N1C(=O)O. The van der Waals surface area contributed by atoms with Crippen molar-refractivity contribution in [2.24, 2.45) is 0 Å². The van der Waals surface area contributed by atoms with E-state index < -0.39 is 6.09 Å². The number of likely N-dealkylation sites (tertiary alicyclic amines) is 1. The standard InChI is InChI=1S/C19H18BrN3O2/c1-11-2-7-17(23(11)19(24)25)18-21-10-16(22-18)14-4-3-13-9-15(20)6-5-12(13)8-14/h3-6,8-11,17H,2,7H2,1H3,(H,21,22)(H,24,25). The highest BCUT2D eigenvalue weighted by molar-refractivity contribution is 9.10. The van der Waals surface area contributed by atoms with Crippen LogP contribution in [-0.4, -0.2) is 32.1 Å². The number of hydrogen-bond acceptors (Lipinski definition) is 2. The fourth-order valence-electron chi connectivity index (χ4n) is 3.61. The smallest absolute Gasteiger partial charge is 0.408 e. The van der Waals surface area contributed by atoms with Crippen molar-refractivity contribution in [3.63, 3.8) is 0 Å². The average Bonchev–Trinajstić information content (AvgIpc) is 3.20. The molecule has 5 nitrogen and oxygen atoms in total. The number of aromatic nitrogens is 2. The Labute approximate surface area is 153 Å². The summed E-state index contributed by atoms with van der Waals surface area (Å²) in [4.78, 5) is 20.8. The second kappa shape index (κ2) is 6.19. The van der Waals surface area contributed by atoms with Gasteiger partial charge in [-0.15, -0.1) is 0 Å². The van der Waals surface area contributed by atoms with Crippen LogP contribution in [0.15, 0.2) is 47.1 Å². The lowest BCUT2D eigenvalue weighted by Crippen LogP contribution is -2.34. The monoisotopic (exact) mass is 399 g/mol. The zero-order valence-corrected chi connectivity index (χ0v) is 15.3. The first-order valence-electron chi connectivity index (χ1n) is 8.29. The van der Waals surface area contributed by atoms with E-state index in [-0.39, 0.29) is 12.1 Å². The average molecular weight is 400 g/mol. The predicted octanol–water partition coefficient (Wildman–Crippen LogP) is 5.20. The Kier molecular flexibility index (Phi) is 4.00. The lowest BCUT2D eigenvalue weighted by Gasteiger charge is -2.23. The summed E-state index contributed by atoms with van der Waals surface area (Å²) < 4.78 is 1.06. The van der Waals surface area contributed by atoms with Gasteiger partial charge in [-0.1, -0.05) is 34.1 Å².